The van der Waals surface area contributed by atoms with Crippen molar-refractivity contribution in [1.29, 1.82) is 0 Å². The van der Waals surface area contributed by atoms with Gasteiger partial charge in [0.25, 0.3) is 0 Å². The van der Waals surface area contributed by atoms with E-state index < -0.39 is 7.26 Å². The van der Waals surface area contributed by atoms with Gasteiger partial charge >= 0.3 is 0 Å². The summed E-state index contributed by atoms with van der Waals surface area (Å²) >= 11 is 0. The third-order valence-electron chi connectivity index (χ3n) is 9.91. The monoisotopic (exact) mass is 695 g/mol. The zero-order chi connectivity index (χ0) is 35.6. The maximum Gasteiger partial charge on any atom is 0.123 e. The van der Waals surface area contributed by atoms with Gasteiger partial charge in [0, 0.05) is 5.56 Å². The van der Waals surface area contributed by atoms with E-state index >= 15 is 0 Å². The van der Waals surface area contributed by atoms with E-state index in [-0.39, 0.29) is 5.75 Å². The first-order valence-electron chi connectivity index (χ1n) is 19.0. The van der Waals surface area contributed by atoms with E-state index in [1.54, 1.807) is 6.07 Å². The van der Waals surface area contributed by atoms with Gasteiger partial charge in [0.15, 0.2) is 0 Å². The van der Waals surface area contributed by atoms with E-state index in [4.69, 9.17) is 4.74 Å². The van der Waals surface area contributed by atoms with Crippen LogP contribution in [0.1, 0.15) is 75.3 Å². The lowest BCUT2D eigenvalue weighted by Crippen LogP contribution is -2.33. The third-order valence-corrected chi connectivity index (χ3v) is 14.4. The molecule has 3 heteroatoms. The van der Waals surface area contributed by atoms with Crippen LogP contribution in [0.2, 0.25) is 0 Å². The highest BCUT2D eigenvalue weighted by Crippen LogP contribution is 2.56. The Bertz CT molecular complexity index is 1670. The van der Waals surface area contributed by atoms with E-state index in [9.17, 15) is 5.11 Å². The van der Waals surface area contributed by atoms with Crippen LogP contribution in [0.15, 0.2) is 153 Å². The lowest BCUT2D eigenvalue weighted by Gasteiger charge is -2.27. The minimum Gasteiger partial charge on any atom is -0.507 e. The minimum atomic E-state index is -1.71. The Labute approximate surface area is 308 Å². The van der Waals surface area contributed by atoms with Crippen molar-refractivity contribution < 1.29 is 9.84 Å². The van der Waals surface area contributed by atoms with Crippen LogP contribution in [0.25, 0.3) is 11.1 Å². The Balaban J connectivity index is 1.01. The summed E-state index contributed by atoms with van der Waals surface area (Å²) in [5.41, 5.74) is 4.06. The van der Waals surface area contributed by atoms with Gasteiger partial charge in [-0.2, -0.15) is 0 Å². The number of ether oxygens (including phenoxy) is 1. The minimum absolute atomic E-state index is 0.287. The van der Waals surface area contributed by atoms with Gasteiger partial charge in [-0.05, 0) is 109 Å². The Morgan fingerprint density at radius 3 is 1.57 bits per heavy atom. The number of hydrogen-bond donors (Lipinski definition) is 1. The summed E-state index contributed by atoms with van der Waals surface area (Å²) in [7, 11) is -1.71. The molecule has 0 spiro atoms. The summed E-state index contributed by atoms with van der Waals surface area (Å²) < 4.78 is 6.24. The summed E-state index contributed by atoms with van der Waals surface area (Å²) in [4.78, 5) is 0. The van der Waals surface area contributed by atoms with E-state index in [0.717, 1.165) is 53.9 Å². The smallest absolute Gasteiger partial charge is 0.123 e. The summed E-state index contributed by atoms with van der Waals surface area (Å²) in [6.45, 7) is 8.52. The summed E-state index contributed by atoms with van der Waals surface area (Å²) in [6, 6.07) is 45.8. The molecule has 0 aliphatic carbocycles. The van der Waals surface area contributed by atoms with Crippen LogP contribution in [-0.4, -0.2) is 17.9 Å². The molecule has 0 saturated carbocycles. The molecule has 0 fully saturated rings. The topological polar surface area (TPSA) is 29.5 Å². The predicted octanol–water partition coefficient (Wildman–Crippen LogP) is 11.8. The number of allylic oxidation sites excluding steroid dienone is 2. The number of benzene rings is 5. The van der Waals surface area contributed by atoms with Crippen molar-refractivity contribution in [3.8, 4) is 22.6 Å². The van der Waals surface area contributed by atoms with Crippen molar-refractivity contribution >= 4 is 23.2 Å². The van der Waals surface area contributed by atoms with Gasteiger partial charge in [-0.25, -0.2) is 0 Å². The molecule has 0 amide bonds. The van der Waals surface area contributed by atoms with E-state index in [0.29, 0.717) is 0 Å². The van der Waals surface area contributed by atoms with Gasteiger partial charge in [0.1, 0.15) is 34.7 Å². The molecule has 264 valence electrons. The highest BCUT2D eigenvalue weighted by molar-refractivity contribution is 7.95. The van der Waals surface area contributed by atoms with Crippen LogP contribution in [0.4, 0.5) is 0 Å². The van der Waals surface area contributed by atoms with Crippen LogP contribution in [0.5, 0.6) is 11.5 Å². The Morgan fingerprint density at radius 1 is 0.529 bits per heavy atom. The Kier molecular flexibility index (Phi) is 15.2. The Hall–Kier alpha value is -4.39. The Morgan fingerprint density at radius 2 is 1.04 bits per heavy atom. The first-order chi connectivity index (χ1) is 25.2. The summed E-state index contributed by atoms with van der Waals surface area (Å²) in [5, 5.41) is 15.0. The fourth-order valence-electron chi connectivity index (χ4n) is 7.24. The van der Waals surface area contributed by atoms with Gasteiger partial charge in [0.2, 0.25) is 0 Å². The molecule has 0 bridgehead atoms. The number of aromatic hydroxyl groups is 1. The lowest BCUT2D eigenvalue weighted by molar-refractivity contribution is 0.302. The molecule has 0 unspecified atom stereocenters. The highest BCUT2D eigenvalue weighted by Gasteiger charge is 2.44. The van der Waals surface area contributed by atoms with Crippen molar-refractivity contribution in [3.05, 3.63) is 164 Å². The fraction of sp³-hybridized carbons (Fsp3) is 0.292. The summed E-state index contributed by atoms with van der Waals surface area (Å²) in [6.07, 6.45) is 19.2. The van der Waals surface area contributed by atoms with E-state index in [2.05, 4.69) is 110 Å². The second kappa shape index (κ2) is 20.5. The van der Waals surface area contributed by atoms with Crippen molar-refractivity contribution in [2.24, 2.45) is 0 Å². The van der Waals surface area contributed by atoms with Crippen LogP contribution < -0.4 is 20.7 Å². The highest BCUT2D eigenvalue weighted by atomic mass is 31.2. The number of phenols is 1. The third kappa shape index (κ3) is 10.6. The largest absolute Gasteiger partial charge is 0.507 e. The van der Waals surface area contributed by atoms with Crippen LogP contribution in [0.3, 0.4) is 0 Å². The molecule has 51 heavy (non-hydrogen) atoms. The summed E-state index contributed by atoms with van der Waals surface area (Å²) in [5.74, 6) is 1.20. The second-order valence-electron chi connectivity index (χ2n) is 13.6. The number of rotatable bonds is 22. The van der Waals surface area contributed by atoms with Crippen molar-refractivity contribution in [3.63, 3.8) is 0 Å². The number of hydrogen-bond acceptors (Lipinski definition) is 2. The average Bonchev–Trinajstić information content (AvgIpc) is 3.17. The van der Waals surface area contributed by atoms with Gasteiger partial charge in [-0.1, -0.05) is 124 Å². The molecule has 2 nitrogen and oxygen atoms in total. The standard InChI is InChI=1S/C48H55O2P/c1-3-24-40-32-34-47(49)46(38-40)41-33-35-48(42(39-41)25-4-2)50-36-22-11-9-7-5-6-8-10-12-23-37-51(43-26-16-13-17-27-43,44-28-18-14-19-29-44)45-30-20-15-21-31-45/h3-4,13-21,26-35,38-39H,1-2,5-12,22-25,36-37H2/p+1. The van der Waals surface area contributed by atoms with Gasteiger partial charge in [-0.15, -0.1) is 13.2 Å². The van der Waals surface area contributed by atoms with E-state index in [1.165, 1.54) is 79.9 Å². The van der Waals surface area contributed by atoms with Crippen LogP contribution in [-0.2, 0) is 12.8 Å². The normalized spacial score (nSPS) is 11.3. The van der Waals surface area contributed by atoms with Crippen molar-refractivity contribution in [2.75, 3.05) is 12.8 Å². The van der Waals surface area contributed by atoms with Gasteiger partial charge < -0.3 is 9.84 Å². The SMILES string of the molecule is C=CCc1ccc(O)c(-c2ccc(OCCCCCCCCCCCC[P+](c3ccccc3)(c3ccccc3)c3ccccc3)c(CC=C)c2)c1. The molecule has 0 saturated heterocycles. The molecule has 5 aromatic rings. The maximum atomic E-state index is 10.5. The predicted molar refractivity (Wildman–Crippen MR) is 223 cm³/mol. The van der Waals surface area contributed by atoms with Crippen molar-refractivity contribution in [1.82, 2.24) is 0 Å². The fourth-order valence-corrected chi connectivity index (χ4v) is 11.7. The molecule has 0 atom stereocenters. The molecule has 0 aliphatic rings. The zero-order valence-corrected chi connectivity index (χ0v) is 31.3. The molecule has 0 radical (unpaired) electrons. The molecule has 5 rings (SSSR count). The second-order valence-corrected chi connectivity index (χ2v) is 17.2. The van der Waals surface area contributed by atoms with E-state index in [1.807, 2.05) is 36.4 Å². The van der Waals surface area contributed by atoms with Crippen LogP contribution >= 0.6 is 7.26 Å². The molecule has 0 heterocycles. The van der Waals surface area contributed by atoms with Gasteiger partial charge in [-0.3, -0.25) is 0 Å². The first-order valence-corrected chi connectivity index (χ1v) is 21.0. The quantitative estimate of drug-likeness (QED) is 0.0444. The molecular formula is C48H56O2P+. The van der Waals surface area contributed by atoms with Gasteiger partial charge in [0.05, 0.1) is 12.8 Å². The zero-order valence-electron chi connectivity index (χ0n) is 30.4. The molecule has 0 aliphatic heterocycles. The first kappa shape index (κ1) is 37.9. The maximum absolute atomic E-state index is 10.5. The molecule has 0 aromatic heterocycles. The lowest BCUT2D eigenvalue weighted by atomic mass is 9.97. The molecule has 1 N–H and O–H groups in total. The average molecular weight is 696 g/mol. The van der Waals surface area contributed by atoms with Crippen LogP contribution in [0, 0.1) is 0 Å². The molecular weight excluding hydrogens is 640 g/mol. The number of phenolic OH excluding ortho intramolecular Hbond substituents is 1. The molecule has 5 aromatic carbocycles. The van der Waals surface area contributed by atoms with Crippen molar-refractivity contribution in [2.45, 2.75) is 77.0 Å². The number of unbranched alkanes of at least 4 members (excludes halogenated alkanes) is 9.